The number of H-pyrrole nitrogens is 1. The predicted octanol–water partition coefficient (Wildman–Crippen LogP) is 3.99. The average Bonchev–Trinajstić information content (AvgIpc) is 3.51. The van der Waals surface area contributed by atoms with Gasteiger partial charge in [0.2, 0.25) is 11.5 Å². The van der Waals surface area contributed by atoms with Crippen molar-refractivity contribution in [2.45, 2.75) is 37.9 Å². The number of alkyl halides is 2. The van der Waals surface area contributed by atoms with Gasteiger partial charge in [-0.1, -0.05) is 19.1 Å². The first-order chi connectivity index (χ1) is 15.3. The van der Waals surface area contributed by atoms with Gasteiger partial charge >= 0.3 is 6.29 Å². The molecule has 32 heavy (non-hydrogen) atoms. The summed E-state index contributed by atoms with van der Waals surface area (Å²) in [5.74, 6) is -0.0473. The second-order valence-electron chi connectivity index (χ2n) is 7.86. The number of aromatic amines is 1. The zero-order valence-corrected chi connectivity index (χ0v) is 17.1. The van der Waals surface area contributed by atoms with Crippen molar-refractivity contribution in [3.8, 4) is 22.8 Å². The average molecular weight is 439 g/mol. The van der Waals surface area contributed by atoms with Gasteiger partial charge in [-0.3, -0.25) is 9.59 Å². The lowest BCUT2D eigenvalue weighted by Crippen LogP contribution is -2.28. The van der Waals surface area contributed by atoms with Crippen molar-refractivity contribution in [3.63, 3.8) is 0 Å². The molecule has 1 aliphatic heterocycles. The van der Waals surface area contributed by atoms with Crippen LogP contribution in [0.15, 0.2) is 53.5 Å². The lowest BCUT2D eigenvalue weighted by molar-refractivity contribution is -0.286. The fourth-order valence-electron chi connectivity index (χ4n) is 3.91. The van der Waals surface area contributed by atoms with E-state index in [9.17, 15) is 18.4 Å². The highest BCUT2D eigenvalue weighted by molar-refractivity contribution is 6.01. The van der Waals surface area contributed by atoms with E-state index in [0.29, 0.717) is 29.9 Å². The minimum atomic E-state index is -3.71. The molecule has 1 fully saturated rings. The summed E-state index contributed by atoms with van der Waals surface area (Å²) >= 11 is 0. The van der Waals surface area contributed by atoms with Crippen LogP contribution < -0.4 is 20.3 Å². The number of rotatable bonds is 5. The van der Waals surface area contributed by atoms with Gasteiger partial charge < -0.3 is 19.8 Å². The quantitative estimate of drug-likeness (QED) is 0.627. The molecule has 1 amide bonds. The maximum absolute atomic E-state index is 13.3. The van der Waals surface area contributed by atoms with Gasteiger partial charge in [0.1, 0.15) is 5.82 Å². The van der Waals surface area contributed by atoms with Gasteiger partial charge in [0.15, 0.2) is 11.5 Å². The van der Waals surface area contributed by atoms with Gasteiger partial charge in [0.25, 0.3) is 0 Å². The second kappa shape index (κ2) is 7.15. The second-order valence-corrected chi connectivity index (χ2v) is 7.86. The number of anilines is 1. The Bertz CT molecular complexity index is 1260. The Morgan fingerprint density at radius 1 is 1.12 bits per heavy atom. The Kier molecular flexibility index (Phi) is 4.51. The van der Waals surface area contributed by atoms with Crippen molar-refractivity contribution in [3.05, 3.63) is 70.1 Å². The molecule has 0 bridgehead atoms. The SMILES string of the molecule is CCc1ccc(NC(=O)C2(c3ccc4c(c3)OC(F)(F)O4)CC2)nc1-c1ccc(=O)[nH]c1. The smallest absolute Gasteiger partial charge is 0.395 e. The Labute approximate surface area is 181 Å². The van der Waals surface area contributed by atoms with Crippen molar-refractivity contribution in [1.82, 2.24) is 9.97 Å². The summed E-state index contributed by atoms with van der Waals surface area (Å²) in [6.07, 6.45) is -0.242. The molecule has 5 rings (SSSR count). The Hall–Kier alpha value is -3.75. The van der Waals surface area contributed by atoms with E-state index >= 15 is 0 Å². The van der Waals surface area contributed by atoms with Crippen LogP contribution >= 0.6 is 0 Å². The van der Waals surface area contributed by atoms with Gasteiger partial charge in [0.05, 0.1) is 11.1 Å². The third-order valence-electron chi connectivity index (χ3n) is 5.80. The molecule has 0 saturated heterocycles. The first-order valence-electron chi connectivity index (χ1n) is 10.2. The zero-order chi connectivity index (χ0) is 22.5. The predicted molar refractivity (Wildman–Crippen MR) is 112 cm³/mol. The molecule has 7 nitrogen and oxygen atoms in total. The summed E-state index contributed by atoms with van der Waals surface area (Å²) in [5, 5.41) is 2.86. The molecule has 0 spiro atoms. The minimum Gasteiger partial charge on any atom is -0.395 e. The number of halogens is 2. The first kappa shape index (κ1) is 20.2. The molecule has 1 saturated carbocycles. The molecular formula is C23H19F2N3O4. The summed E-state index contributed by atoms with van der Waals surface area (Å²) in [4.78, 5) is 31.8. The number of fused-ring (bicyclic) bond motifs is 1. The van der Waals surface area contributed by atoms with E-state index in [1.54, 1.807) is 24.4 Å². The van der Waals surface area contributed by atoms with Crippen LogP contribution in [0.25, 0.3) is 11.3 Å². The van der Waals surface area contributed by atoms with Crippen LogP contribution in [0.5, 0.6) is 11.5 Å². The highest BCUT2D eigenvalue weighted by atomic mass is 19.3. The molecule has 0 unspecified atom stereocenters. The van der Waals surface area contributed by atoms with Crippen LogP contribution in [0.2, 0.25) is 0 Å². The van der Waals surface area contributed by atoms with Crippen LogP contribution in [0.3, 0.4) is 0 Å². The van der Waals surface area contributed by atoms with Gasteiger partial charge in [-0.2, -0.15) is 0 Å². The van der Waals surface area contributed by atoms with Crippen molar-refractivity contribution in [2.75, 3.05) is 5.32 Å². The highest BCUT2D eigenvalue weighted by Gasteiger charge is 2.53. The normalized spacial score (nSPS) is 17.1. The van der Waals surface area contributed by atoms with Crippen LogP contribution in [0, 0.1) is 0 Å². The number of nitrogens with zero attached hydrogens (tertiary/aromatic N) is 1. The molecule has 0 radical (unpaired) electrons. The Morgan fingerprint density at radius 3 is 2.59 bits per heavy atom. The number of hydrogen-bond acceptors (Lipinski definition) is 5. The van der Waals surface area contributed by atoms with Crippen molar-refractivity contribution in [2.24, 2.45) is 0 Å². The van der Waals surface area contributed by atoms with Gasteiger partial charge in [0, 0.05) is 17.8 Å². The lowest BCUT2D eigenvalue weighted by atomic mass is 9.94. The highest BCUT2D eigenvalue weighted by Crippen LogP contribution is 2.52. The molecule has 2 aromatic heterocycles. The third-order valence-corrected chi connectivity index (χ3v) is 5.80. The fraction of sp³-hybridized carbons (Fsp3) is 0.261. The molecule has 1 aliphatic carbocycles. The fourth-order valence-corrected chi connectivity index (χ4v) is 3.91. The lowest BCUT2D eigenvalue weighted by Gasteiger charge is -2.17. The molecule has 3 aromatic rings. The van der Waals surface area contributed by atoms with E-state index in [1.165, 1.54) is 18.2 Å². The summed E-state index contributed by atoms with van der Waals surface area (Å²) in [7, 11) is 0. The summed E-state index contributed by atoms with van der Waals surface area (Å²) < 4.78 is 35.6. The topological polar surface area (TPSA) is 93.3 Å². The number of ether oxygens (including phenoxy) is 2. The van der Waals surface area contributed by atoms with Crippen LogP contribution in [0.4, 0.5) is 14.6 Å². The standard InChI is InChI=1S/C23H19F2N3O4/c1-2-13-3-7-18(27-20(13)14-4-8-19(29)26-12-14)28-21(30)22(9-10-22)15-5-6-16-17(11-15)32-23(24,25)31-16/h3-8,11-12H,2,9-10H2,1H3,(H,26,29)(H,27,28,30). The number of benzene rings is 1. The summed E-state index contributed by atoms with van der Waals surface area (Å²) in [6, 6.07) is 11.1. The van der Waals surface area contributed by atoms with Crippen LogP contribution in [-0.2, 0) is 16.6 Å². The minimum absolute atomic E-state index is 0.0580. The largest absolute Gasteiger partial charge is 0.586 e. The van der Waals surface area contributed by atoms with Gasteiger partial charge in [-0.25, -0.2) is 4.98 Å². The molecule has 164 valence electrons. The number of carbonyl (C=O) groups excluding carboxylic acids is 1. The molecule has 9 heteroatoms. The maximum Gasteiger partial charge on any atom is 0.586 e. The molecule has 1 aromatic carbocycles. The van der Waals surface area contributed by atoms with Crippen molar-refractivity contribution < 1.29 is 23.0 Å². The number of carbonyl (C=O) groups is 1. The monoisotopic (exact) mass is 439 g/mol. The third kappa shape index (κ3) is 3.49. The van der Waals surface area contributed by atoms with Crippen molar-refractivity contribution >= 4 is 11.7 Å². The summed E-state index contributed by atoms with van der Waals surface area (Å²) in [5.41, 5.74) is 1.90. The van der Waals surface area contributed by atoms with Gasteiger partial charge in [-0.15, -0.1) is 8.78 Å². The number of aromatic nitrogens is 2. The molecule has 3 heterocycles. The zero-order valence-electron chi connectivity index (χ0n) is 17.1. The number of hydrogen-bond donors (Lipinski definition) is 2. The Balaban J connectivity index is 1.41. The number of pyridine rings is 2. The summed E-state index contributed by atoms with van der Waals surface area (Å²) in [6.45, 7) is 1.99. The van der Waals surface area contributed by atoms with E-state index in [-0.39, 0.29) is 23.0 Å². The van der Waals surface area contributed by atoms with Gasteiger partial charge in [-0.05, 0) is 54.7 Å². The molecular weight excluding hydrogens is 420 g/mol. The van der Waals surface area contributed by atoms with Crippen LogP contribution in [0.1, 0.15) is 30.9 Å². The van der Waals surface area contributed by atoms with Crippen LogP contribution in [-0.4, -0.2) is 22.2 Å². The van der Waals surface area contributed by atoms with E-state index in [0.717, 1.165) is 17.5 Å². The molecule has 0 atom stereocenters. The number of nitrogens with one attached hydrogen (secondary N) is 2. The van der Waals surface area contributed by atoms with E-state index in [2.05, 4.69) is 24.8 Å². The maximum atomic E-state index is 13.3. The Morgan fingerprint density at radius 2 is 1.91 bits per heavy atom. The van der Waals surface area contributed by atoms with Crippen molar-refractivity contribution in [1.29, 1.82) is 0 Å². The van der Waals surface area contributed by atoms with E-state index < -0.39 is 11.7 Å². The number of aryl methyl sites for hydroxylation is 1. The molecule has 2 N–H and O–H groups in total. The van der Waals surface area contributed by atoms with E-state index in [1.807, 2.05) is 13.0 Å². The number of amides is 1. The van der Waals surface area contributed by atoms with E-state index in [4.69, 9.17) is 0 Å². The molecule has 2 aliphatic rings. The first-order valence-corrected chi connectivity index (χ1v) is 10.2.